The molecule has 1 rings (SSSR count). The van der Waals surface area contributed by atoms with Crippen molar-refractivity contribution in [2.24, 2.45) is 0 Å². The molecule has 53 valence electrons. The van der Waals surface area contributed by atoms with Crippen molar-refractivity contribution < 1.29 is 4.79 Å². The average molecular weight is 167 g/mol. The third kappa shape index (κ3) is 1.60. The second-order valence-corrected chi connectivity index (χ2v) is 5.70. The molecule has 3 heteroatoms. The molecule has 0 aromatic heterocycles. The second-order valence-electron chi connectivity index (χ2n) is 3.45. The van der Waals surface area contributed by atoms with Crippen LogP contribution in [0.3, 0.4) is 0 Å². The number of hydrogen-bond donors (Lipinski definition) is 0. The van der Waals surface area contributed by atoms with Crippen molar-refractivity contribution in [3.63, 3.8) is 0 Å². The van der Waals surface area contributed by atoms with Crippen LogP contribution in [0.1, 0.15) is 27.7 Å². The number of thioether (sulfide) groups is 1. The number of carbonyl (C=O) groups excluding carboxylic acids is 1. The van der Waals surface area contributed by atoms with E-state index in [-0.39, 0.29) is 39.1 Å². The average Bonchev–Trinajstić information content (AvgIpc) is 1.63. The summed E-state index contributed by atoms with van der Waals surface area (Å²) in [5.41, 5.74) is 0. The molecule has 1 radical (unpaired) electrons. The molecular weight excluding hydrogens is 155 g/mol. The second kappa shape index (κ2) is 2.81. The summed E-state index contributed by atoms with van der Waals surface area (Å²) in [5, 5.41) is 0. The molecule has 0 aliphatic carbocycles. The Morgan fingerprint density at radius 1 is 1.10 bits per heavy atom. The summed E-state index contributed by atoms with van der Waals surface area (Å²) in [6, 6.07) is 0. The van der Waals surface area contributed by atoms with Gasteiger partial charge in [0.05, 0.1) is 9.49 Å². The van der Waals surface area contributed by atoms with E-state index >= 15 is 0 Å². The first-order chi connectivity index (χ1) is 3.86. The quantitative estimate of drug-likeness (QED) is 0.508. The van der Waals surface area contributed by atoms with Crippen molar-refractivity contribution in [1.82, 2.24) is 0 Å². The van der Waals surface area contributed by atoms with Gasteiger partial charge in [0, 0.05) is 29.6 Å². The fraction of sp³-hybridized carbons (Fsp3) is 0.857. The molecule has 1 aliphatic rings. The molecule has 1 nitrogen and oxygen atoms in total. The van der Waals surface area contributed by atoms with Gasteiger partial charge >= 0.3 is 0 Å². The standard InChI is InChI=1S/C7H12OS.Na/c1-6(2)5(8)7(3,4)9-6;/h1-4H3;. The molecule has 0 spiro atoms. The first-order valence-electron chi connectivity index (χ1n) is 3.11. The summed E-state index contributed by atoms with van der Waals surface area (Å²) < 4.78 is -0.215. The number of ketones is 1. The third-order valence-corrected chi connectivity index (χ3v) is 3.00. The van der Waals surface area contributed by atoms with Crippen LogP contribution in [0.4, 0.5) is 0 Å². The Labute approximate surface area is 88.6 Å². The summed E-state index contributed by atoms with van der Waals surface area (Å²) >= 11 is 1.75. The van der Waals surface area contributed by atoms with E-state index in [0.717, 1.165) is 0 Å². The zero-order chi connectivity index (χ0) is 7.28. The molecule has 0 bridgehead atoms. The van der Waals surface area contributed by atoms with Gasteiger partial charge in [-0.2, -0.15) is 0 Å². The molecule has 0 aromatic rings. The van der Waals surface area contributed by atoms with Gasteiger partial charge in [-0.05, 0) is 27.7 Å². The molecule has 1 aliphatic heterocycles. The van der Waals surface area contributed by atoms with Crippen LogP contribution in [0.15, 0.2) is 0 Å². The van der Waals surface area contributed by atoms with Crippen molar-refractivity contribution in [3.05, 3.63) is 0 Å². The minimum absolute atomic E-state index is 0. The van der Waals surface area contributed by atoms with E-state index in [4.69, 9.17) is 0 Å². The molecule has 1 heterocycles. The predicted molar refractivity (Wildman–Crippen MR) is 46.5 cm³/mol. The SMILES string of the molecule is CC1(C)SC(C)(C)C1=O.[Na]. The Balaban J connectivity index is 0.000000810. The molecule has 10 heavy (non-hydrogen) atoms. The first kappa shape index (κ1) is 11.0. The van der Waals surface area contributed by atoms with E-state index in [1.165, 1.54) is 0 Å². The van der Waals surface area contributed by atoms with E-state index in [0.29, 0.717) is 5.78 Å². The summed E-state index contributed by atoms with van der Waals surface area (Å²) in [5.74, 6) is 0.375. The van der Waals surface area contributed by atoms with Gasteiger partial charge < -0.3 is 0 Å². The van der Waals surface area contributed by atoms with Crippen molar-refractivity contribution >= 4 is 47.1 Å². The molecule has 0 unspecified atom stereocenters. The Morgan fingerprint density at radius 2 is 1.40 bits per heavy atom. The number of hydrogen-bond acceptors (Lipinski definition) is 2. The van der Waals surface area contributed by atoms with Crippen molar-refractivity contribution in [2.45, 2.75) is 37.2 Å². The zero-order valence-electron chi connectivity index (χ0n) is 7.32. The van der Waals surface area contributed by atoms with Gasteiger partial charge in [-0.25, -0.2) is 0 Å². The Kier molecular flexibility index (Phi) is 3.10. The van der Waals surface area contributed by atoms with Gasteiger partial charge in [-0.15, -0.1) is 11.8 Å². The maximum atomic E-state index is 11.2. The maximum Gasteiger partial charge on any atom is 0.163 e. The van der Waals surface area contributed by atoms with Crippen LogP contribution in [0.5, 0.6) is 0 Å². The maximum absolute atomic E-state index is 11.2. The fourth-order valence-electron chi connectivity index (χ4n) is 1.41. The molecule has 0 atom stereocenters. The Hall–Kier alpha value is 1.02. The summed E-state index contributed by atoms with van der Waals surface area (Å²) in [6.45, 7) is 7.91. The molecule has 1 saturated heterocycles. The Morgan fingerprint density at radius 3 is 1.40 bits per heavy atom. The first-order valence-corrected chi connectivity index (χ1v) is 3.93. The zero-order valence-corrected chi connectivity index (χ0v) is 10.1. The van der Waals surface area contributed by atoms with Crippen LogP contribution in [0.25, 0.3) is 0 Å². The smallest absolute Gasteiger partial charge is 0.163 e. The van der Waals surface area contributed by atoms with Gasteiger partial charge in [-0.1, -0.05) is 0 Å². The van der Waals surface area contributed by atoms with Gasteiger partial charge in [-0.3, -0.25) is 4.79 Å². The summed E-state index contributed by atoms with van der Waals surface area (Å²) in [7, 11) is 0. The van der Waals surface area contributed by atoms with Crippen molar-refractivity contribution in [2.75, 3.05) is 0 Å². The topological polar surface area (TPSA) is 17.1 Å². The van der Waals surface area contributed by atoms with E-state index in [2.05, 4.69) is 0 Å². The van der Waals surface area contributed by atoms with Crippen LogP contribution in [0, 0.1) is 0 Å². The largest absolute Gasteiger partial charge is 0.297 e. The van der Waals surface area contributed by atoms with Crippen LogP contribution in [-0.4, -0.2) is 44.8 Å². The molecule has 0 aromatic carbocycles. The summed E-state index contributed by atoms with van der Waals surface area (Å²) in [6.07, 6.45) is 0. The van der Waals surface area contributed by atoms with Crippen LogP contribution >= 0.6 is 11.8 Å². The molecule has 1 fully saturated rings. The van der Waals surface area contributed by atoms with Crippen LogP contribution in [0.2, 0.25) is 0 Å². The van der Waals surface area contributed by atoms with Crippen LogP contribution in [-0.2, 0) is 4.79 Å². The predicted octanol–water partition coefficient (Wildman–Crippen LogP) is 1.48. The molecule has 0 saturated carbocycles. The number of carbonyl (C=O) groups is 1. The van der Waals surface area contributed by atoms with E-state index in [9.17, 15) is 4.79 Å². The van der Waals surface area contributed by atoms with Gasteiger partial charge in [0.2, 0.25) is 0 Å². The van der Waals surface area contributed by atoms with E-state index in [1.54, 1.807) is 11.8 Å². The fourth-order valence-corrected chi connectivity index (χ4v) is 3.23. The van der Waals surface area contributed by atoms with Crippen LogP contribution < -0.4 is 0 Å². The van der Waals surface area contributed by atoms with Crippen molar-refractivity contribution in [3.8, 4) is 0 Å². The molecule has 0 N–H and O–H groups in total. The van der Waals surface area contributed by atoms with E-state index in [1.807, 2.05) is 27.7 Å². The minimum Gasteiger partial charge on any atom is -0.297 e. The normalized spacial score (nSPS) is 26.6. The number of Topliss-reactive ketones (excluding diaryl/α,β-unsaturated/α-hetero) is 1. The molecular formula is C7H12NaOS. The minimum atomic E-state index is -0.108. The van der Waals surface area contributed by atoms with Gasteiger partial charge in [0.15, 0.2) is 5.78 Å². The van der Waals surface area contributed by atoms with Crippen molar-refractivity contribution in [1.29, 1.82) is 0 Å². The van der Waals surface area contributed by atoms with Gasteiger partial charge in [0.1, 0.15) is 0 Å². The monoisotopic (exact) mass is 167 g/mol. The van der Waals surface area contributed by atoms with E-state index < -0.39 is 0 Å². The Bertz CT molecular complexity index is 147. The van der Waals surface area contributed by atoms with Gasteiger partial charge in [0.25, 0.3) is 0 Å². The summed E-state index contributed by atoms with van der Waals surface area (Å²) in [4.78, 5) is 11.2. The number of rotatable bonds is 0. The molecule has 0 amide bonds. The third-order valence-electron chi connectivity index (χ3n) is 1.60.